The fourth-order valence-corrected chi connectivity index (χ4v) is 2.73. The summed E-state index contributed by atoms with van der Waals surface area (Å²) < 4.78 is 0. The molecule has 1 aliphatic rings. The number of amides is 3. The SMILES string of the molecule is CC(C)C[C@H](NC(=O)[C@@H]1CCCN1)C(=O)NCC(=O)NCCCCN. The largest absolute Gasteiger partial charge is 0.355 e. The van der Waals surface area contributed by atoms with Gasteiger partial charge in [0.05, 0.1) is 12.6 Å². The van der Waals surface area contributed by atoms with Crippen molar-refractivity contribution in [2.24, 2.45) is 11.7 Å². The Morgan fingerprint density at radius 3 is 2.56 bits per heavy atom. The van der Waals surface area contributed by atoms with E-state index in [9.17, 15) is 14.4 Å². The maximum absolute atomic E-state index is 12.4. The Labute approximate surface area is 150 Å². The minimum atomic E-state index is -0.625. The van der Waals surface area contributed by atoms with E-state index in [1.165, 1.54) is 0 Å². The van der Waals surface area contributed by atoms with Gasteiger partial charge in [-0.2, -0.15) is 0 Å². The van der Waals surface area contributed by atoms with Gasteiger partial charge in [0, 0.05) is 6.54 Å². The fourth-order valence-electron chi connectivity index (χ4n) is 2.73. The molecule has 1 fully saturated rings. The van der Waals surface area contributed by atoms with Gasteiger partial charge in [0.25, 0.3) is 0 Å². The first-order valence-electron chi connectivity index (χ1n) is 9.22. The van der Waals surface area contributed by atoms with Crippen LogP contribution in [0.4, 0.5) is 0 Å². The summed E-state index contributed by atoms with van der Waals surface area (Å²) in [4.78, 5) is 36.3. The Bertz CT molecular complexity index is 436. The number of nitrogens with one attached hydrogen (secondary N) is 4. The van der Waals surface area contributed by atoms with Gasteiger partial charge in [-0.15, -0.1) is 0 Å². The lowest BCUT2D eigenvalue weighted by Gasteiger charge is -2.22. The minimum absolute atomic E-state index is 0.0897. The van der Waals surface area contributed by atoms with Gasteiger partial charge >= 0.3 is 0 Å². The fraction of sp³-hybridized carbons (Fsp3) is 0.824. The molecule has 0 aromatic rings. The molecule has 0 saturated carbocycles. The van der Waals surface area contributed by atoms with Gasteiger partial charge in [0.1, 0.15) is 6.04 Å². The van der Waals surface area contributed by atoms with Crippen molar-refractivity contribution < 1.29 is 14.4 Å². The molecule has 3 amide bonds. The molecule has 0 spiro atoms. The number of rotatable bonds is 11. The van der Waals surface area contributed by atoms with Crippen LogP contribution in [-0.2, 0) is 14.4 Å². The number of hydrogen-bond acceptors (Lipinski definition) is 5. The molecule has 25 heavy (non-hydrogen) atoms. The highest BCUT2D eigenvalue weighted by Gasteiger charge is 2.27. The van der Waals surface area contributed by atoms with E-state index in [0.717, 1.165) is 32.2 Å². The molecule has 1 aliphatic heterocycles. The smallest absolute Gasteiger partial charge is 0.243 e. The van der Waals surface area contributed by atoms with Crippen LogP contribution in [0.2, 0.25) is 0 Å². The summed E-state index contributed by atoms with van der Waals surface area (Å²) in [5, 5.41) is 11.3. The Morgan fingerprint density at radius 1 is 1.20 bits per heavy atom. The van der Waals surface area contributed by atoms with Crippen LogP contribution in [0.25, 0.3) is 0 Å². The molecule has 1 heterocycles. The molecule has 2 atom stereocenters. The first-order valence-corrected chi connectivity index (χ1v) is 9.22. The standard InChI is InChI=1S/C17H33N5O3/c1-12(2)10-14(22-17(25)13-6-5-9-19-13)16(24)21-11-15(23)20-8-4-3-7-18/h12-14,19H,3-11,18H2,1-2H3,(H,20,23)(H,21,24)(H,22,25)/t13-,14-/m0/s1. The summed E-state index contributed by atoms with van der Waals surface area (Å²) in [5.41, 5.74) is 5.39. The predicted octanol–water partition coefficient (Wildman–Crippen LogP) is -0.759. The Balaban J connectivity index is 2.41. The topological polar surface area (TPSA) is 125 Å². The second kappa shape index (κ2) is 11.8. The molecular weight excluding hydrogens is 322 g/mol. The number of carbonyl (C=O) groups is 3. The van der Waals surface area contributed by atoms with Crippen LogP contribution in [0.3, 0.4) is 0 Å². The molecule has 144 valence electrons. The molecule has 0 radical (unpaired) electrons. The van der Waals surface area contributed by atoms with E-state index in [2.05, 4.69) is 21.3 Å². The predicted molar refractivity (Wildman–Crippen MR) is 96.7 cm³/mol. The summed E-state index contributed by atoms with van der Waals surface area (Å²) in [6.07, 6.45) is 3.94. The van der Waals surface area contributed by atoms with Crippen molar-refractivity contribution in [2.75, 3.05) is 26.2 Å². The van der Waals surface area contributed by atoms with Crippen molar-refractivity contribution in [3.8, 4) is 0 Å². The molecule has 0 aromatic carbocycles. The quantitative estimate of drug-likeness (QED) is 0.312. The summed E-state index contributed by atoms with van der Waals surface area (Å²) in [5.74, 6) is -0.461. The van der Waals surface area contributed by atoms with E-state index >= 15 is 0 Å². The first kappa shape index (κ1) is 21.4. The van der Waals surface area contributed by atoms with E-state index in [4.69, 9.17) is 5.73 Å². The summed E-state index contributed by atoms with van der Waals surface area (Å²) in [6, 6.07) is -0.853. The van der Waals surface area contributed by atoms with Gasteiger partial charge in [-0.25, -0.2) is 0 Å². The van der Waals surface area contributed by atoms with Crippen molar-refractivity contribution in [2.45, 2.75) is 58.0 Å². The number of hydrogen-bond donors (Lipinski definition) is 5. The van der Waals surface area contributed by atoms with Crippen LogP contribution < -0.4 is 27.0 Å². The zero-order valence-electron chi connectivity index (χ0n) is 15.4. The molecule has 1 rings (SSSR count). The first-order chi connectivity index (χ1) is 11.9. The van der Waals surface area contributed by atoms with E-state index in [1.54, 1.807) is 0 Å². The molecular formula is C17H33N5O3. The molecule has 8 nitrogen and oxygen atoms in total. The summed E-state index contributed by atoms with van der Waals surface area (Å²) in [7, 11) is 0. The van der Waals surface area contributed by atoms with Crippen LogP contribution in [0, 0.1) is 5.92 Å². The van der Waals surface area contributed by atoms with Crippen LogP contribution >= 0.6 is 0 Å². The van der Waals surface area contributed by atoms with Crippen molar-refractivity contribution in [3.63, 3.8) is 0 Å². The molecule has 8 heteroatoms. The van der Waals surface area contributed by atoms with Gasteiger partial charge < -0.3 is 27.0 Å². The minimum Gasteiger partial charge on any atom is -0.355 e. The van der Waals surface area contributed by atoms with Crippen LogP contribution in [-0.4, -0.2) is 56.0 Å². The van der Waals surface area contributed by atoms with E-state index in [1.807, 2.05) is 13.8 Å². The lowest BCUT2D eigenvalue weighted by atomic mass is 10.0. The number of nitrogens with two attached hydrogens (primary N) is 1. The van der Waals surface area contributed by atoms with Crippen molar-refractivity contribution in [3.05, 3.63) is 0 Å². The van der Waals surface area contributed by atoms with Crippen molar-refractivity contribution in [1.82, 2.24) is 21.3 Å². The van der Waals surface area contributed by atoms with Gasteiger partial charge in [-0.3, -0.25) is 14.4 Å². The van der Waals surface area contributed by atoms with E-state index in [0.29, 0.717) is 19.5 Å². The second-order valence-electron chi connectivity index (χ2n) is 6.90. The number of unbranched alkanes of at least 4 members (excludes halogenated alkanes) is 1. The van der Waals surface area contributed by atoms with E-state index < -0.39 is 6.04 Å². The molecule has 0 unspecified atom stereocenters. The van der Waals surface area contributed by atoms with Gasteiger partial charge in [-0.05, 0) is 51.1 Å². The van der Waals surface area contributed by atoms with Gasteiger partial charge in [0.2, 0.25) is 17.7 Å². The van der Waals surface area contributed by atoms with Crippen molar-refractivity contribution in [1.29, 1.82) is 0 Å². The molecule has 0 aliphatic carbocycles. The second-order valence-corrected chi connectivity index (χ2v) is 6.90. The Kier molecular flexibility index (Phi) is 10.1. The van der Waals surface area contributed by atoms with Gasteiger partial charge in [-0.1, -0.05) is 13.8 Å². The van der Waals surface area contributed by atoms with Crippen LogP contribution in [0.5, 0.6) is 0 Å². The number of carbonyl (C=O) groups excluding carboxylic acids is 3. The zero-order chi connectivity index (χ0) is 18.7. The highest BCUT2D eigenvalue weighted by molar-refractivity contribution is 5.91. The van der Waals surface area contributed by atoms with Gasteiger partial charge in [0.15, 0.2) is 0 Å². The maximum Gasteiger partial charge on any atom is 0.243 e. The average molecular weight is 355 g/mol. The lowest BCUT2D eigenvalue weighted by Crippen LogP contribution is -2.53. The van der Waals surface area contributed by atoms with Crippen molar-refractivity contribution >= 4 is 17.7 Å². The third kappa shape index (κ3) is 8.83. The highest BCUT2D eigenvalue weighted by Crippen LogP contribution is 2.08. The Hall–Kier alpha value is -1.67. The Morgan fingerprint density at radius 2 is 1.96 bits per heavy atom. The van der Waals surface area contributed by atoms with Crippen LogP contribution in [0.15, 0.2) is 0 Å². The highest BCUT2D eigenvalue weighted by atomic mass is 16.2. The summed E-state index contributed by atoms with van der Waals surface area (Å²) >= 11 is 0. The summed E-state index contributed by atoms with van der Waals surface area (Å²) in [6.45, 7) is 5.86. The maximum atomic E-state index is 12.4. The monoisotopic (exact) mass is 355 g/mol. The zero-order valence-corrected chi connectivity index (χ0v) is 15.4. The molecule has 1 saturated heterocycles. The molecule has 6 N–H and O–H groups in total. The average Bonchev–Trinajstić information content (AvgIpc) is 3.10. The third-order valence-corrected chi connectivity index (χ3v) is 4.09. The lowest BCUT2D eigenvalue weighted by molar-refractivity contribution is -0.131. The molecule has 0 bridgehead atoms. The van der Waals surface area contributed by atoms with E-state index in [-0.39, 0.29) is 36.2 Å². The van der Waals surface area contributed by atoms with Crippen LogP contribution in [0.1, 0.15) is 46.0 Å². The normalized spacial score (nSPS) is 18.0. The molecule has 0 aromatic heterocycles. The third-order valence-electron chi connectivity index (χ3n) is 4.09.